The van der Waals surface area contributed by atoms with Crippen molar-refractivity contribution in [3.63, 3.8) is 0 Å². The lowest BCUT2D eigenvalue weighted by Crippen LogP contribution is -2.28. The van der Waals surface area contributed by atoms with Gasteiger partial charge in [-0.05, 0) is 12.1 Å². The summed E-state index contributed by atoms with van der Waals surface area (Å²) in [4.78, 5) is 19.3. The van der Waals surface area contributed by atoms with E-state index in [1.165, 1.54) is 4.90 Å². The summed E-state index contributed by atoms with van der Waals surface area (Å²) >= 11 is 0. The topological polar surface area (TPSA) is 56.7 Å². The highest BCUT2D eigenvalue weighted by Crippen LogP contribution is 2.11. The molecular formula is C13H19N3O2. The fourth-order valence-corrected chi connectivity index (χ4v) is 1.53. The van der Waals surface area contributed by atoms with Gasteiger partial charge in [0.25, 0.3) is 5.91 Å². The average Bonchev–Trinajstić information content (AvgIpc) is 2.38. The van der Waals surface area contributed by atoms with Crippen molar-refractivity contribution in [2.45, 2.75) is 0 Å². The summed E-state index contributed by atoms with van der Waals surface area (Å²) in [5.74, 6) is 0.644. The monoisotopic (exact) mass is 249 g/mol. The summed E-state index contributed by atoms with van der Waals surface area (Å²) in [7, 11) is 3.40. The van der Waals surface area contributed by atoms with Crippen LogP contribution in [-0.4, -0.2) is 54.7 Å². The van der Waals surface area contributed by atoms with Crippen LogP contribution in [0.5, 0.6) is 0 Å². The van der Waals surface area contributed by atoms with Crippen molar-refractivity contribution < 1.29 is 9.90 Å². The number of carbonyl (C=O) groups excluding carboxylic acids is 1. The minimum absolute atomic E-state index is 0.0495. The van der Waals surface area contributed by atoms with Gasteiger partial charge in [0.05, 0.1) is 12.2 Å². The number of amides is 1. The first kappa shape index (κ1) is 14.2. The van der Waals surface area contributed by atoms with Crippen LogP contribution in [-0.2, 0) is 0 Å². The molecule has 0 aliphatic carbocycles. The van der Waals surface area contributed by atoms with Crippen molar-refractivity contribution in [2.24, 2.45) is 0 Å². The van der Waals surface area contributed by atoms with E-state index < -0.39 is 0 Å². The average molecular weight is 249 g/mol. The summed E-state index contributed by atoms with van der Waals surface area (Å²) in [5.41, 5.74) is 0.548. The van der Waals surface area contributed by atoms with Crippen molar-refractivity contribution in [1.82, 2.24) is 9.88 Å². The van der Waals surface area contributed by atoms with Gasteiger partial charge in [0.15, 0.2) is 0 Å². The predicted octanol–water partition coefficient (Wildman–Crippen LogP) is 0.768. The van der Waals surface area contributed by atoms with Crippen molar-refractivity contribution in [2.75, 3.05) is 38.7 Å². The Kier molecular flexibility index (Phi) is 5.32. The van der Waals surface area contributed by atoms with Crippen molar-refractivity contribution in [3.05, 3.63) is 36.5 Å². The quantitative estimate of drug-likeness (QED) is 0.757. The van der Waals surface area contributed by atoms with Gasteiger partial charge in [0, 0.05) is 33.4 Å². The van der Waals surface area contributed by atoms with Gasteiger partial charge in [-0.2, -0.15) is 0 Å². The molecule has 5 heteroatoms. The molecule has 1 rings (SSSR count). The van der Waals surface area contributed by atoms with Gasteiger partial charge in [-0.25, -0.2) is 4.98 Å². The maximum atomic E-state index is 11.7. The van der Waals surface area contributed by atoms with Gasteiger partial charge in [-0.1, -0.05) is 6.08 Å². The van der Waals surface area contributed by atoms with E-state index in [4.69, 9.17) is 5.11 Å². The highest BCUT2D eigenvalue weighted by atomic mass is 16.3. The van der Waals surface area contributed by atoms with Crippen LogP contribution in [0.4, 0.5) is 5.82 Å². The summed E-state index contributed by atoms with van der Waals surface area (Å²) in [6.45, 7) is 4.81. The van der Waals surface area contributed by atoms with Crippen LogP contribution < -0.4 is 4.90 Å². The first-order valence-corrected chi connectivity index (χ1v) is 5.74. The van der Waals surface area contributed by atoms with Gasteiger partial charge in [0.2, 0.25) is 0 Å². The fourth-order valence-electron chi connectivity index (χ4n) is 1.53. The first-order chi connectivity index (χ1) is 8.60. The number of rotatable bonds is 6. The minimum Gasteiger partial charge on any atom is -0.395 e. The molecule has 98 valence electrons. The Labute approximate surface area is 107 Å². The third kappa shape index (κ3) is 3.56. The minimum atomic E-state index is -0.0773. The summed E-state index contributed by atoms with van der Waals surface area (Å²) in [6.07, 6.45) is 3.29. The summed E-state index contributed by atoms with van der Waals surface area (Å²) in [6, 6.07) is 3.51. The van der Waals surface area contributed by atoms with E-state index in [0.717, 1.165) is 5.82 Å². The van der Waals surface area contributed by atoms with Crippen LogP contribution in [0.2, 0.25) is 0 Å². The SMILES string of the molecule is C=CCN(CCO)c1ccc(C(=O)N(C)C)cn1. The van der Waals surface area contributed by atoms with E-state index in [-0.39, 0.29) is 12.5 Å². The van der Waals surface area contributed by atoms with Crippen LogP contribution in [0.15, 0.2) is 31.0 Å². The molecule has 0 fully saturated rings. The molecule has 0 aliphatic heterocycles. The lowest BCUT2D eigenvalue weighted by atomic mass is 10.2. The van der Waals surface area contributed by atoms with Crippen molar-refractivity contribution in [1.29, 1.82) is 0 Å². The number of hydrogen-bond acceptors (Lipinski definition) is 4. The van der Waals surface area contributed by atoms with Gasteiger partial charge in [0.1, 0.15) is 5.82 Å². The number of aliphatic hydroxyl groups is 1. The molecule has 18 heavy (non-hydrogen) atoms. The van der Waals surface area contributed by atoms with Crippen LogP contribution >= 0.6 is 0 Å². The molecule has 1 N–H and O–H groups in total. The molecule has 1 amide bonds. The Balaban J connectivity index is 2.86. The molecule has 1 aromatic rings. The molecule has 0 atom stereocenters. The van der Waals surface area contributed by atoms with Gasteiger partial charge in [-0.15, -0.1) is 6.58 Å². The molecule has 1 aromatic heterocycles. The number of anilines is 1. The van der Waals surface area contributed by atoms with E-state index >= 15 is 0 Å². The van der Waals surface area contributed by atoms with Gasteiger partial charge in [-0.3, -0.25) is 4.79 Å². The second-order valence-corrected chi connectivity index (χ2v) is 4.06. The van der Waals surface area contributed by atoms with Crippen molar-refractivity contribution >= 4 is 11.7 Å². The third-order valence-electron chi connectivity index (χ3n) is 2.44. The zero-order chi connectivity index (χ0) is 13.5. The van der Waals surface area contributed by atoms with Crippen LogP contribution in [0.1, 0.15) is 10.4 Å². The molecule has 0 saturated carbocycles. The molecule has 0 aliphatic rings. The molecule has 0 unspecified atom stereocenters. The zero-order valence-corrected chi connectivity index (χ0v) is 10.8. The number of aliphatic hydroxyl groups excluding tert-OH is 1. The Morgan fingerprint density at radius 3 is 2.67 bits per heavy atom. The van der Waals surface area contributed by atoms with E-state index in [2.05, 4.69) is 11.6 Å². The Morgan fingerprint density at radius 1 is 1.50 bits per heavy atom. The van der Waals surface area contributed by atoms with Gasteiger partial charge < -0.3 is 14.9 Å². The number of nitrogens with zero attached hydrogens (tertiary/aromatic N) is 3. The second-order valence-electron chi connectivity index (χ2n) is 4.06. The summed E-state index contributed by atoms with van der Waals surface area (Å²) in [5, 5.41) is 8.98. The maximum absolute atomic E-state index is 11.7. The van der Waals surface area contributed by atoms with Crippen molar-refractivity contribution in [3.8, 4) is 0 Å². The Bertz CT molecular complexity index is 401. The fraction of sp³-hybridized carbons (Fsp3) is 0.385. The van der Waals surface area contributed by atoms with Crippen LogP contribution in [0, 0.1) is 0 Å². The number of pyridine rings is 1. The molecule has 0 saturated heterocycles. The maximum Gasteiger partial charge on any atom is 0.254 e. The lowest BCUT2D eigenvalue weighted by molar-refractivity contribution is 0.0827. The molecule has 1 heterocycles. The largest absolute Gasteiger partial charge is 0.395 e. The van der Waals surface area contributed by atoms with Crippen LogP contribution in [0.25, 0.3) is 0 Å². The molecule has 5 nitrogen and oxygen atoms in total. The van der Waals surface area contributed by atoms with E-state index in [1.807, 2.05) is 4.90 Å². The number of hydrogen-bond donors (Lipinski definition) is 1. The molecular weight excluding hydrogens is 230 g/mol. The van der Waals surface area contributed by atoms with E-state index in [1.54, 1.807) is 38.5 Å². The third-order valence-corrected chi connectivity index (χ3v) is 2.44. The Morgan fingerprint density at radius 2 is 2.22 bits per heavy atom. The lowest BCUT2D eigenvalue weighted by Gasteiger charge is -2.21. The zero-order valence-electron chi connectivity index (χ0n) is 10.8. The summed E-state index contributed by atoms with van der Waals surface area (Å²) < 4.78 is 0. The molecule has 0 spiro atoms. The predicted molar refractivity (Wildman–Crippen MR) is 71.8 cm³/mol. The first-order valence-electron chi connectivity index (χ1n) is 5.74. The second kappa shape index (κ2) is 6.76. The standard InChI is InChI=1S/C13H19N3O2/c1-4-7-16(8-9-17)12-6-5-11(10-14-12)13(18)15(2)3/h4-6,10,17H,1,7-9H2,2-3H3. The Hall–Kier alpha value is -1.88. The van der Waals surface area contributed by atoms with E-state index in [9.17, 15) is 4.79 Å². The molecule has 0 bridgehead atoms. The van der Waals surface area contributed by atoms with Gasteiger partial charge >= 0.3 is 0 Å². The highest BCUT2D eigenvalue weighted by molar-refractivity contribution is 5.93. The van der Waals surface area contributed by atoms with E-state index in [0.29, 0.717) is 18.7 Å². The molecule has 0 radical (unpaired) electrons. The smallest absolute Gasteiger partial charge is 0.254 e. The normalized spacial score (nSPS) is 9.94. The number of aromatic nitrogens is 1. The van der Waals surface area contributed by atoms with Crippen LogP contribution in [0.3, 0.4) is 0 Å². The molecule has 0 aromatic carbocycles. The highest BCUT2D eigenvalue weighted by Gasteiger charge is 2.10. The number of carbonyl (C=O) groups is 1.